The van der Waals surface area contributed by atoms with Crippen molar-refractivity contribution in [2.75, 3.05) is 0 Å². The molecule has 0 bridgehead atoms. The number of hydrogen-bond donors (Lipinski definition) is 0. The van der Waals surface area contributed by atoms with E-state index in [1.54, 1.807) is 12.4 Å². The molecule has 3 nitrogen and oxygen atoms in total. The third kappa shape index (κ3) is 2.24. The first-order chi connectivity index (χ1) is 12.7. The Morgan fingerprint density at radius 1 is 1.12 bits per heavy atom. The lowest BCUT2D eigenvalue weighted by atomic mass is 10.1. The Morgan fingerprint density at radius 2 is 2.00 bits per heavy atom. The molecule has 0 saturated heterocycles. The maximum atomic E-state index is 15.7. The Balaban J connectivity index is 1.90. The molecule has 126 valence electrons. The average molecular weight is 359 g/mol. The lowest BCUT2D eigenvalue weighted by Crippen LogP contribution is -2.02. The van der Waals surface area contributed by atoms with Gasteiger partial charge in [0.15, 0.2) is 5.82 Å². The summed E-state index contributed by atoms with van der Waals surface area (Å²) >= 11 is 1.51. The number of hydrogen-bond acceptors (Lipinski definition) is 3. The number of para-hydroxylation sites is 1. The van der Waals surface area contributed by atoms with Crippen LogP contribution in [0.4, 0.5) is 4.39 Å². The number of pyridine rings is 2. The van der Waals surface area contributed by atoms with E-state index < -0.39 is 0 Å². The van der Waals surface area contributed by atoms with E-state index in [9.17, 15) is 0 Å². The Morgan fingerprint density at radius 3 is 2.85 bits per heavy atom. The fourth-order valence-electron chi connectivity index (χ4n) is 3.30. The van der Waals surface area contributed by atoms with E-state index in [1.807, 2.05) is 65.5 Å². The molecule has 4 heterocycles. The van der Waals surface area contributed by atoms with Crippen LogP contribution >= 0.6 is 11.3 Å². The van der Waals surface area contributed by atoms with E-state index >= 15 is 4.39 Å². The van der Waals surface area contributed by atoms with Gasteiger partial charge in [0.1, 0.15) is 5.69 Å². The Labute approximate surface area is 153 Å². The lowest BCUT2D eigenvalue weighted by Gasteiger charge is -2.13. The first kappa shape index (κ1) is 15.2. The number of halogens is 1. The second-order valence-corrected chi connectivity index (χ2v) is 7.16. The standard InChI is InChI=1S/C21H14FN3S/c1-13-10-18(26-12-13)20-19(22)21(15-4-2-3-5-16(15)24-20)25-9-7-14-11-23-8-6-17(14)25/h2-12H,1H3. The van der Waals surface area contributed by atoms with E-state index in [2.05, 4.69) is 9.97 Å². The van der Waals surface area contributed by atoms with Gasteiger partial charge in [0.2, 0.25) is 0 Å². The number of fused-ring (bicyclic) bond motifs is 2. The summed E-state index contributed by atoms with van der Waals surface area (Å²) in [6.07, 6.45) is 5.40. The van der Waals surface area contributed by atoms with Crippen molar-refractivity contribution in [2.24, 2.45) is 0 Å². The molecule has 0 aliphatic carbocycles. The minimum atomic E-state index is -0.306. The smallest absolute Gasteiger partial charge is 0.174 e. The largest absolute Gasteiger partial charge is 0.313 e. The van der Waals surface area contributed by atoms with E-state index in [4.69, 9.17) is 0 Å². The van der Waals surface area contributed by atoms with Crippen molar-refractivity contribution < 1.29 is 4.39 Å². The van der Waals surface area contributed by atoms with Gasteiger partial charge in [-0.3, -0.25) is 4.98 Å². The highest BCUT2D eigenvalue weighted by molar-refractivity contribution is 7.13. The predicted octanol–water partition coefficient (Wildman–Crippen LogP) is 5.75. The molecule has 5 rings (SSSR count). The molecule has 0 fully saturated rings. The highest BCUT2D eigenvalue weighted by Gasteiger charge is 2.19. The number of rotatable bonds is 2. The normalized spacial score (nSPS) is 11.5. The number of aryl methyl sites for hydroxylation is 1. The zero-order valence-corrected chi connectivity index (χ0v) is 14.8. The number of nitrogens with zero attached hydrogens (tertiary/aromatic N) is 3. The van der Waals surface area contributed by atoms with Crippen molar-refractivity contribution >= 4 is 33.1 Å². The molecule has 4 aromatic heterocycles. The van der Waals surface area contributed by atoms with Crippen molar-refractivity contribution in [2.45, 2.75) is 6.92 Å². The fraction of sp³-hybridized carbons (Fsp3) is 0.0476. The minimum Gasteiger partial charge on any atom is -0.313 e. The molecule has 5 heteroatoms. The number of thiophene rings is 1. The third-order valence-electron chi connectivity index (χ3n) is 4.50. The summed E-state index contributed by atoms with van der Waals surface area (Å²) in [6, 6.07) is 13.5. The van der Waals surface area contributed by atoms with Crippen LogP contribution in [-0.4, -0.2) is 14.5 Å². The van der Waals surface area contributed by atoms with Gasteiger partial charge in [0, 0.05) is 29.4 Å². The molecule has 26 heavy (non-hydrogen) atoms. The molecule has 0 aliphatic heterocycles. The first-order valence-corrected chi connectivity index (χ1v) is 9.15. The summed E-state index contributed by atoms with van der Waals surface area (Å²) in [5.41, 5.74) is 3.73. The highest BCUT2D eigenvalue weighted by atomic mass is 32.1. The Kier molecular flexibility index (Phi) is 3.36. The first-order valence-electron chi connectivity index (χ1n) is 8.27. The van der Waals surface area contributed by atoms with Gasteiger partial charge >= 0.3 is 0 Å². The van der Waals surface area contributed by atoms with Crippen LogP contribution in [0.15, 0.2) is 66.4 Å². The van der Waals surface area contributed by atoms with Gasteiger partial charge in [-0.15, -0.1) is 11.3 Å². The second-order valence-electron chi connectivity index (χ2n) is 6.25. The maximum Gasteiger partial charge on any atom is 0.174 e. The molecule has 0 N–H and O–H groups in total. The molecule has 0 amide bonds. The summed E-state index contributed by atoms with van der Waals surface area (Å²) in [4.78, 5) is 9.61. The predicted molar refractivity (Wildman–Crippen MR) is 104 cm³/mol. The van der Waals surface area contributed by atoms with E-state index in [0.29, 0.717) is 11.4 Å². The van der Waals surface area contributed by atoms with E-state index in [-0.39, 0.29) is 5.82 Å². The molecular formula is C21H14FN3S. The minimum absolute atomic E-state index is 0.306. The molecule has 0 aliphatic rings. The maximum absolute atomic E-state index is 15.7. The van der Waals surface area contributed by atoms with Gasteiger partial charge in [-0.1, -0.05) is 18.2 Å². The summed E-state index contributed by atoms with van der Waals surface area (Å²) in [5, 5.41) is 3.78. The number of aromatic nitrogens is 3. The van der Waals surface area contributed by atoms with Crippen molar-refractivity contribution in [3.05, 3.63) is 77.8 Å². The quantitative estimate of drug-likeness (QED) is 0.402. The molecule has 0 atom stereocenters. The Hall–Kier alpha value is -3.05. The second kappa shape index (κ2) is 5.75. The monoisotopic (exact) mass is 359 g/mol. The summed E-state index contributed by atoms with van der Waals surface area (Å²) in [5.74, 6) is -0.306. The fourth-order valence-corrected chi connectivity index (χ4v) is 4.18. The van der Waals surface area contributed by atoms with Crippen LogP contribution in [0.3, 0.4) is 0 Å². The summed E-state index contributed by atoms with van der Waals surface area (Å²) in [6.45, 7) is 2.01. The molecular weight excluding hydrogens is 345 g/mol. The van der Waals surface area contributed by atoms with Crippen LogP contribution in [0.25, 0.3) is 38.1 Å². The molecule has 0 saturated carbocycles. The topological polar surface area (TPSA) is 30.7 Å². The van der Waals surface area contributed by atoms with E-state index in [0.717, 1.165) is 32.2 Å². The van der Waals surface area contributed by atoms with Crippen LogP contribution in [0.2, 0.25) is 0 Å². The SMILES string of the molecule is Cc1csc(-c2nc3ccccc3c(-n3ccc4cnccc43)c2F)c1. The highest BCUT2D eigenvalue weighted by Crippen LogP contribution is 2.35. The Bertz CT molecular complexity index is 1270. The molecule has 0 unspecified atom stereocenters. The summed E-state index contributed by atoms with van der Waals surface area (Å²) < 4.78 is 17.6. The van der Waals surface area contributed by atoms with E-state index in [1.165, 1.54) is 11.3 Å². The van der Waals surface area contributed by atoms with Gasteiger partial charge in [-0.2, -0.15) is 0 Å². The molecule has 1 aromatic carbocycles. The van der Waals surface area contributed by atoms with Crippen LogP contribution < -0.4 is 0 Å². The van der Waals surface area contributed by atoms with Gasteiger partial charge in [-0.05, 0) is 42.1 Å². The van der Waals surface area contributed by atoms with Gasteiger partial charge in [0.05, 0.1) is 21.6 Å². The van der Waals surface area contributed by atoms with Gasteiger partial charge in [0.25, 0.3) is 0 Å². The number of benzene rings is 1. The lowest BCUT2D eigenvalue weighted by molar-refractivity contribution is 0.621. The molecule has 5 aromatic rings. The van der Waals surface area contributed by atoms with Crippen LogP contribution in [0.5, 0.6) is 0 Å². The summed E-state index contributed by atoms with van der Waals surface area (Å²) in [7, 11) is 0. The zero-order chi connectivity index (χ0) is 17.7. The zero-order valence-electron chi connectivity index (χ0n) is 14.0. The molecule has 0 radical (unpaired) electrons. The van der Waals surface area contributed by atoms with Crippen molar-refractivity contribution in [1.82, 2.24) is 14.5 Å². The molecule has 0 spiro atoms. The van der Waals surface area contributed by atoms with Crippen molar-refractivity contribution in [3.8, 4) is 16.3 Å². The van der Waals surface area contributed by atoms with Gasteiger partial charge in [-0.25, -0.2) is 9.37 Å². The third-order valence-corrected chi connectivity index (χ3v) is 5.56. The van der Waals surface area contributed by atoms with Gasteiger partial charge < -0.3 is 4.57 Å². The average Bonchev–Trinajstić information content (AvgIpc) is 3.28. The van der Waals surface area contributed by atoms with Crippen LogP contribution in [-0.2, 0) is 0 Å². The van der Waals surface area contributed by atoms with Crippen molar-refractivity contribution in [3.63, 3.8) is 0 Å². The van der Waals surface area contributed by atoms with Crippen LogP contribution in [0.1, 0.15) is 5.56 Å². The van der Waals surface area contributed by atoms with Crippen LogP contribution in [0, 0.1) is 12.7 Å². The van der Waals surface area contributed by atoms with Crippen molar-refractivity contribution in [1.29, 1.82) is 0 Å².